The van der Waals surface area contributed by atoms with Crippen LogP contribution in [-0.4, -0.2) is 24.1 Å². The molecule has 1 heterocycles. The Labute approximate surface area is 163 Å². The highest BCUT2D eigenvalue weighted by molar-refractivity contribution is 6.34. The minimum Gasteiger partial charge on any atom is -0.324 e. The Morgan fingerprint density at radius 3 is 2.59 bits per heavy atom. The number of carbonyl (C=O) groups excluding carboxylic acids is 3. The maximum atomic E-state index is 12.7. The van der Waals surface area contributed by atoms with Gasteiger partial charge in [-0.2, -0.15) is 0 Å². The second-order valence-electron chi connectivity index (χ2n) is 6.94. The molecule has 1 atom stereocenters. The molecule has 140 valence electrons. The maximum absolute atomic E-state index is 12.7. The summed E-state index contributed by atoms with van der Waals surface area (Å²) in [7, 11) is 0. The number of ketones is 1. The third kappa shape index (κ3) is 4.03. The number of nitrogens with one attached hydrogen (secondary N) is 1. The van der Waals surface area contributed by atoms with Gasteiger partial charge in [-0.05, 0) is 50.1 Å². The number of halogens is 1. The first-order valence-electron chi connectivity index (χ1n) is 8.75. The molecule has 0 saturated carbocycles. The van der Waals surface area contributed by atoms with Gasteiger partial charge in [0.2, 0.25) is 11.8 Å². The van der Waals surface area contributed by atoms with Crippen LogP contribution in [0.1, 0.15) is 34.8 Å². The molecule has 1 aliphatic rings. The summed E-state index contributed by atoms with van der Waals surface area (Å²) in [5.74, 6) is -0.914. The van der Waals surface area contributed by atoms with Gasteiger partial charge < -0.3 is 10.2 Å². The molecule has 1 aliphatic heterocycles. The zero-order chi connectivity index (χ0) is 19.7. The molecule has 5 nitrogen and oxygen atoms in total. The smallest absolute Gasteiger partial charge is 0.229 e. The number of carbonyl (C=O) groups is 3. The molecule has 0 aliphatic carbocycles. The molecule has 2 aromatic carbocycles. The highest BCUT2D eigenvalue weighted by atomic mass is 35.5. The number of amides is 2. The van der Waals surface area contributed by atoms with Crippen LogP contribution >= 0.6 is 11.6 Å². The van der Waals surface area contributed by atoms with E-state index in [2.05, 4.69) is 5.32 Å². The lowest BCUT2D eigenvalue weighted by Crippen LogP contribution is -2.28. The highest BCUT2D eigenvalue weighted by Gasteiger charge is 2.35. The third-order valence-electron chi connectivity index (χ3n) is 4.74. The van der Waals surface area contributed by atoms with Crippen molar-refractivity contribution in [1.82, 2.24) is 0 Å². The third-order valence-corrected chi connectivity index (χ3v) is 5.04. The predicted molar refractivity (Wildman–Crippen MR) is 106 cm³/mol. The van der Waals surface area contributed by atoms with Gasteiger partial charge in [-0.25, -0.2) is 0 Å². The summed E-state index contributed by atoms with van der Waals surface area (Å²) in [5, 5.41) is 3.35. The minimum absolute atomic E-state index is 0.0673. The molecule has 1 saturated heterocycles. The Morgan fingerprint density at radius 2 is 1.93 bits per heavy atom. The zero-order valence-corrected chi connectivity index (χ0v) is 16.3. The van der Waals surface area contributed by atoms with Gasteiger partial charge in [0.25, 0.3) is 0 Å². The van der Waals surface area contributed by atoms with E-state index < -0.39 is 5.92 Å². The average molecular weight is 385 g/mol. The van der Waals surface area contributed by atoms with Crippen molar-refractivity contribution in [3.63, 3.8) is 0 Å². The molecule has 6 heteroatoms. The summed E-state index contributed by atoms with van der Waals surface area (Å²) in [5.41, 5.74) is 3.64. The zero-order valence-electron chi connectivity index (χ0n) is 15.5. The van der Waals surface area contributed by atoms with Crippen LogP contribution in [0.25, 0.3) is 0 Å². The van der Waals surface area contributed by atoms with Gasteiger partial charge in [-0.1, -0.05) is 29.8 Å². The summed E-state index contributed by atoms with van der Waals surface area (Å²) in [6.45, 7) is 5.57. The van der Waals surface area contributed by atoms with Gasteiger partial charge in [0.05, 0.1) is 16.6 Å². The molecular weight excluding hydrogens is 364 g/mol. The predicted octanol–water partition coefficient (Wildman–Crippen LogP) is 4.15. The van der Waals surface area contributed by atoms with Gasteiger partial charge in [0, 0.05) is 24.2 Å². The number of rotatable bonds is 4. The molecule has 1 N–H and O–H groups in total. The first kappa shape index (κ1) is 19.1. The highest BCUT2D eigenvalue weighted by Crippen LogP contribution is 2.30. The van der Waals surface area contributed by atoms with Gasteiger partial charge in [-0.3, -0.25) is 14.4 Å². The minimum atomic E-state index is -0.477. The summed E-state index contributed by atoms with van der Waals surface area (Å²) in [4.78, 5) is 38.3. The summed E-state index contributed by atoms with van der Waals surface area (Å²) >= 11 is 6.26. The number of hydrogen-bond acceptors (Lipinski definition) is 3. The van der Waals surface area contributed by atoms with Crippen molar-refractivity contribution in [2.45, 2.75) is 27.2 Å². The van der Waals surface area contributed by atoms with Crippen LogP contribution in [0.4, 0.5) is 11.4 Å². The Morgan fingerprint density at radius 1 is 1.19 bits per heavy atom. The van der Waals surface area contributed by atoms with Gasteiger partial charge in [-0.15, -0.1) is 0 Å². The van der Waals surface area contributed by atoms with E-state index in [4.69, 9.17) is 11.6 Å². The molecule has 1 fully saturated rings. The Kier molecular flexibility index (Phi) is 5.33. The van der Waals surface area contributed by atoms with Crippen molar-refractivity contribution in [1.29, 1.82) is 0 Å². The van der Waals surface area contributed by atoms with Crippen LogP contribution in [0.3, 0.4) is 0 Å². The molecule has 0 aromatic heterocycles. The van der Waals surface area contributed by atoms with E-state index in [-0.39, 0.29) is 30.6 Å². The Hall–Kier alpha value is -2.66. The fourth-order valence-electron chi connectivity index (χ4n) is 3.32. The van der Waals surface area contributed by atoms with Crippen LogP contribution < -0.4 is 10.2 Å². The number of Topliss-reactive ketones (excluding diaryl/α,β-unsaturated/α-hetero) is 1. The van der Waals surface area contributed by atoms with Crippen molar-refractivity contribution in [2.75, 3.05) is 16.8 Å². The lowest BCUT2D eigenvalue weighted by molar-refractivity contribution is -0.122. The topological polar surface area (TPSA) is 66.5 Å². The Balaban J connectivity index is 1.77. The maximum Gasteiger partial charge on any atom is 0.229 e. The standard InChI is InChI=1S/C21H21ClN2O3/c1-12-7-13(2)20(18(22)8-12)23-21(27)16-10-19(26)24(11-16)17-6-4-5-15(9-17)14(3)25/h4-9,16H,10-11H2,1-3H3,(H,23,27). The number of benzene rings is 2. The molecule has 27 heavy (non-hydrogen) atoms. The van der Waals surface area contributed by atoms with E-state index in [0.717, 1.165) is 11.1 Å². The monoisotopic (exact) mass is 384 g/mol. The fourth-order valence-corrected chi connectivity index (χ4v) is 3.69. The van der Waals surface area contributed by atoms with Crippen LogP contribution in [0.5, 0.6) is 0 Å². The summed E-state index contributed by atoms with van der Waals surface area (Å²) < 4.78 is 0. The molecule has 0 spiro atoms. The molecule has 2 aromatic rings. The SMILES string of the molecule is CC(=O)c1cccc(N2CC(C(=O)Nc3c(C)cc(C)cc3Cl)CC2=O)c1. The first-order chi connectivity index (χ1) is 12.8. The number of anilines is 2. The molecule has 2 amide bonds. The molecule has 0 radical (unpaired) electrons. The number of nitrogens with zero attached hydrogens (tertiary/aromatic N) is 1. The van der Waals surface area contributed by atoms with Crippen LogP contribution in [0.2, 0.25) is 5.02 Å². The van der Waals surface area contributed by atoms with Crippen molar-refractivity contribution in [3.05, 3.63) is 58.1 Å². The largest absolute Gasteiger partial charge is 0.324 e. The van der Waals surface area contributed by atoms with E-state index in [0.29, 0.717) is 22.0 Å². The van der Waals surface area contributed by atoms with E-state index in [1.165, 1.54) is 6.92 Å². The molecule has 1 unspecified atom stereocenters. The quantitative estimate of drug-likeness (QED) is 0.805. The van der Waals surface area contributed by atoms with Crippen molar-refractivity contribution >= 4 is 40.6 Å². The second-order valence-corrected chi connectivity index (χ2v) is 7.35. The Bertz CT molecular complexity index is 916. The molecule has 3 rings (SSSR count). The summed E-state index contributed by atoms with van der Waals surface area (Å²) in [6.07, 6.45) is 0.124. The van der Waals surface area contributed by atoms with Crippen molar-refractivity contribution in [3.8, 4) is 0 Å². The van der Waals surface area contributed by atoms with E-state index in [1.807, 2.05) is 19.9 Å². The number of aryl methyl sites for hydroxylation is 2. The lowest BCUT2D eigenvalue weighted by Gasteiger charge is -2.18. The van der Waals surface area contributed by atoms with E-state index in [1.54, 1.807) is 35.2 Å². The van der Waals surface area contributed by atoms with Crippen LogP contribution in [-0.2, 0) is 9.59 Å². The van der Waals surface area contributed by atoms with E-state index in [9.17, 15) is 14.4 Å². The normalized spacial score (nSPS) is 16.5. The molecular formula is C21H21ClN2O3. The molecule has 0 bridgehead atoms. The van der Waals surface area contributed by atoms with Crippen molar-refractivity contribution in [2.24, 2.45) is 5.92 Å². The van der Waals surface area contributed by atoms with Crippen molar-refractivity contribution < 1.29 is 14.4 Å². The number of hydrogen-bond donors (Lipinski definition) is 1. The fraction of sp³-hybridized carbons (Fsp3) is 0.286. The van der Waals surface area contributed by atoms with Crippen LogP contribution in [0.15, 0.2) is 36.4 Å². The second kappa shape index (κ2) is 7.53. The lowest BCUT2D eigenvalue weighted by atomic mass is 10.1. The van der Waals surface area contributed by atoms with Crippen LogP contribution in [0, 0.1) is 19.8 Å². The average Bonchev–Trinajstić information content (AvgIpc) is 3.00. The first-order valence-corrected chi connectivity index (χ1v) is 9.13. The van der Waals surface area contributed by atoms with Gasteiger partial charge in [0.15, 0.2) is 5.78 Å². The summed E-state index contributed by atoms with van der Waals surface area (Å²) in [6, 6.07) is 10.6. The van der Waals surface area contributed by atoms with E-state index >= 15 is 0 Å². The van der Waals surface area contributed by atoms with Gasteiger partial charge in [0.1, 0.15) is 0 Å². The van der Waals surface area contributed by atoms with Gasteiger partial charge >= 0.3 is 0 Å².